The minimum atomic E-state index is -0.799. The maximum Gasteiger partial charge on any atom is 0.411 e. The fourth-order valence-electron chi connectivity index (χ4n) is 3.03. The van der Waals surface area contributed by atoms with Crippen molar-refractivity contribution in [2.75, 3.05) is 6.54 Å². The lowest BCUT2D eigenvalue weighted by Gasteiger charge is -2.22. The van der Waals surface area contributed by atoms with E-state index in [0.717, 1.165) is 11.1 Å². The topological polar surface area (TPSA) is 91.7 Å². The molecule has 0 bridgehead atoms. The zero-order valence-corrected chi connectivity index (χ0v) is 15.3. The number of carbonyl (C=O) groups excluding carboxylic acids is 2. The number of nitriles is 1. The van der Waals surface area contributed by atoms with Crippen molar-refractivity contribution in [1.29, 1.82) is 5.26 Å². The fraction of sp³-hybridized carbons (Fsp3) is 0.286. The third-order valence-electron chi connectivity index (χ3n) is 4.49. The molecule has 2 amide bonds. The van der Waals surface area contributed by atoms with E-state index in [4.69, 9.17) is 9.47 Å². The van der Waals surface area contributed by atoms with Crippen LogP contribution in [-0.2, 0) is 22.7 Å². The average molecular weight is 379 g/mol. The standard InChI is InChI=1S/C21H21N3O4/c22-13-19-18(23-20(25)27-14-16-7-3-1-4-8-16)11-12-24(19)21(26)28-15-17-9-5-2-6-10-17/h1-10,18-19H,11-12,14-15H2,(H,23,25)/t18-,19+/m0/s1. The Bertz CT molecular complexity index is 836. The van der Waals surface area contributed by atoms with Crippen LogP contribution >= 0.6 is 0 Å². The number of rotatable bonds is 5. The lowest BCUT2D eigenvalue weighted by atomic mass is 10.1. The van der Waals surface area contributed by atoms with Crippen molar-refractivity contribution in [3.63, 3.8) is 0 Å². The Balaban J connectivity index is 1.49. The number of ether oxygens (including phenoxy) is 2. The van der Waals surface area contributed by atoms with E-state index in [9.17, 15) is 14.9 Å². The summed E-state index contributed by atoms with van der Waals surface area (Å²) in [5.41, 5.74) is 1.73. The summed E-state index contributed by atoms with van der Waals surface area (Å²) in [6.45, 7) is 0.598. The number of likely N-dealkylation sites (tertiary alicyclic amines) is 1. The highest BCUT2D eigenvalue weighted by molar-refractivity contribution is 5.71. The summed E-state index contributed by atoms with van der Waals surface area (Å²) in [6.07, 6.45) is -0.731. The summed E-state index contributed by atoms with van der Waals surface area (Å²) >= 11 is 0. The molecule has 1 heterocycles. The van der Waals surface area contributed by atoms with Gasteiger partial charge in [-0.25, -0.2) is 9.59 Å². The quantitative estimate of drug-likeness (QED) is 0.861. The zero-order valence-electron chi connectivity index (χ0n) is 15.3. The molecule has 144 valence electrons. The van der Waals surface area contributed by atoms with E-state index in [1.807, 2.05) is 60.7 Å². The zero-order chi connectivity index (χ0) is 19.8. The van der Waals surface area contributed by atoms with Crippen LogP contribution in [0.15, 0.2) is 60.7 Å². The number of amides is 2. The van der Waals surface area contributed by atoms with Gasteiger partial charge in [0.05, 0.1) is 12.1 Å². The van der Waals surface area contributed by atoms with Crippen molar-refractivity contribution >= 4 is 12.2 Å². The normalized spacial score (nSPS) is 18.2. The van der Waals surface area contributed by atoms with Gasteiger partial charge in [-0.3, -0.25) is 4.90 Å². The Labute approximate surface area is 163 Å². The third kappa shape index (κ3) is 5.01. The number of benzene rings is 2. The predicted octanol–water partition coefficient (Wildman–Crippen LogP) is 3.22. The van der Waals surface area contributed by atoms with E-state index in [2.05, 4.69) is 11.4 Å². The first-order valence-electron chi connectivity index (χ1n) is 9.01. The minimum Gasteiger partial charge on any atom is -0.445 e. The Morgan fingerprint density at radius 3 is 2.14 bits per heavy atom. The molecule has 28 heavy (non-hydrogen) atoms. The molecule has 0 spiro atoms. The van der Waals surface area contributed by atoms with Gasteiger partial charge in [0.1, 0.15) is 19.3 Å². The first kappa shape index (κ1) is 19.2. The number of nitrogens with one attached hydrogen (secondary N) is 1. The largest absolute Gasteiger partial charge is 0.445 e. The first-order valence-corrected chi connectivity index (χ1v) is 9.01. The molecule has 0 unspecified atom stereocenters. The first-order chi connectivity index (χ1) is 13.7. The van der Waals surface area contributed by atoms with Gasteiger partial charge in [-0.15, -0.1) is 0 Å². The van der Waals surface area contributed by atoms with Gasteiger partial charge in [0.2, 0.25) is 0 Å². The van der Waals surface area contributed by atoms with Crippen LogP contribution in [0.1, 0.15) is 17.5 Å². The molecule has 7 nitrogen and oxygen atoms in total. The van der Waals surface area contributed by atoms with Crippen LogP contribution in [0, 0.1) is 11.3 Å². The molecule has 1 aliphatic rings. The van der Waals surface area contributed by atoms with E-state index in [1.165, 1.54) is 4.90 Å². The summed E-state index contributed by atoms with van der Waals surface area (Å²) in [4.78, 5) is 25.7. The number of carbonyl (C=O) groups is 2. The molecule has 2 aromatic carbocycles. The number of alkyl carbamates (subject to hydrolysis) is 1. The fourth-order valence-corrected chi connectivity index (χ4v) is 3.03. The smallest absolute Gasteiger partial charge is 0.411 e. The van der Waals surface area contributed by atoms with E-state index in [1.54, 1.807) is 0 Å². The van der Waals surface area contributed by atoms with Crippen LogP contribution in [-0.4, -0.2) is 35.7 Å². The molecule has 2 atom stereocenters. The van der Waals surface area contributed by atoms with Crippen LogP contribution in [0.5, 0.6) is 0 Å². The van der Waals surface area contributed by atoms with Crippen LogP contribution in [0.4, 0.5) is 9.59 Å². The molecular weight excluding hydrogens is 358 g/mol. The second-order valence-corrected chi connectivity index (χ2v) is 6.41. The lowest BCUT2D eigenvalue weighted by molar-refractivity contribution is 0.0954. The maximum atomic E-state index is 12.3. The van der Waals surface area contributed by atoms with Crippen molar-refractivity contribution in [2.24, 2.45) is 0 Å². The Hall–Kier alpha value is -3.53. The van der Waals surface area contributed by atoms with Gasteiger partial charge in [0.25, 0.3) is 0 Å². The summed E-state index contributed by atoms with van der Waals surface area (Å²) in [7, 11) is 0. The number of hydrogen-bond acceptors (Lipinski definition) is 5. The van der Waals surface area contributed by atoms with Crippen molar-refractivity contribution in [3.8, 4) is 6.07 Å². The van der Waals surface area contributed by atoms with Crippen molar-refractivity contribution < 1.29 is 19.1 Å². The van der Waals surface area contributed by atoms with E-state index in [0.29, 0.717) is 13.0 Å². The van der Waals surface area contributed by atoms with E-state index in [-0.39, 0.29) is 13.2 Å². The van der Waals surface area contributed by atoms with Crippen LogP contribution in [0.2, 0.25) is 0 Å². The third-order valence-corrected chi connectivity index (χ3v) is 4.49. The van der Waals surface area contributed by atoms with Gasteiger partial charge in [-0.2, -0.15) is 5.26 Å². The van der Waals surface area contributed by atoms with Gasteiger partial charge in [-0.1, -0.05) is 60.7 Å². The molecule has 1 fully saturated rings. The molecule has 0 aliphatic carbocycles. The lowest BCUT2D eigenvalue weighted by Crippen LogP contribution is -2.46. The highest BCUT2D eigenvalue weighted by atomic mass is 16.6. The summed E-state index contributed by atoms with van der Waals surface area (Å²) in [6, 6.07) is 19.4. The Morgan fingerprint density at radius 2 is 1.57 bits per heavy atom. The summed E-state index contributed by atoms with van der Waals surface area (Å²) in [5.74, 6) is 0. The second-order valence-electron chi connectivity index (χ2n) is 6.41. The highest BCUT2D eigenvalue weighted by Gasteiger charge is 2.39. The molecular formula is C21H21N3O4. The average Bonchev–Trinajstić information content (AvgIpc) is 3.14. The van der Waals surface area contributed by atoms with Gasteiger partial charge in [-0.05, 0) is 17.5 Å². The summed E-state index contributed by atoms with van der Waals surface area (Å²) in [5, 5.41) is 12.1. The number of hydrogen-bond donors (Lipinski definition) is 1. The van der Waals surface area contributed by atoms with Crippen LogP contribution < -0.4 is 5.32 Å². The molecule has 2 aromatic rings. The van der Waals surface area contributed by atoms with Crippen molar-refractivity contribution in [2.45, 2.75) is 31.7 Å². The molecule has 0 aromatic heterocycles. The van der Waals surface area contributed by atoms with Crippen LogP contribution in [0.3, 0.4) is 0 Å². The second kappa shape index (κ2) is 9.42. The maximum absolute atomic E-state index is 12.3. The molecule has 3 rings (SSSR count). The van der Waals surface area contributed by atoms with Gasteiger partial charge < -0.3 is 14.8 Å². The van der Waals surface area contributed by atoms with Gasteiger partial charge in [0, 0.05) is 6.54 Å². The van der Waals surface area contributed by atoms with E-state index >= 15 is 0 Å². The van der Waals surface area contributed by atoms with Crippen molar-refractivity contribution in [1.82, 2.24) is 10.2 Å². The monoisotopic (exact) mass is 379 g/mol. The van der Waals surface area contributed by atoms with Gasteiger partial charge in [0.15, 0.2) is 0 Å². The minimum absolute atomic E-state index is 0.130. The molecule has 0 saturated carbocycles. The molecule has 1 aliphatic heterocycles. The SMILES string of the molecule is N#C[C@@H]1[C@@H](NC(=O)OCc2ccccc2)CCN1C(=O)OCc1ccccc1. The Morgan fingerprint density at radius 1 is 1.00 bits per heavy atom. The molecule has 0 radical (unpaired) electrons. The predicted molar refractivity (Wildman–Crippen MR) is 101 cm³/mol. The Kier molecular flexibility index (Phi) is 6.47. The molecule has 1 N–H and O–H groups in total. The van der Waals surface area contributed by atoms with Crippen LogP contribution in [0.25, 0.3) is 0 Å². The molecule has 1 saturated heterocycles. The summed E-state index contributed by atoms with van der Waals surface area (Å²) < 4.78 is 10.5. The van der Waals surface area contributed by atoms with E-state index < -0.39 is 24.3 Å². The van der Waals surface area contributed by atoms with Gasteiger partial charge >= 0.3 is 12.2 Å². The molecule has 7 heteroatoms. The van der Waals surface area contributed by atoms with Crippen molar-refractivity contribution in [3.05, 3.63) is 71.8 Å². The number of nitrogens with zero attached hydrogens (tertiary/aromatic N) is 2. The highest BCUT2D eigenvalue weighted by Crippen LogP contribution is 2.19.